The van der Waals surface area contributed by atoms with Crippen LogP contribution in [0.2, 0.25) is 0 Å². The van der Waals surface area contributed by atoms with Crippen molar-refractivity contribution in [2.45, 2.75) is 96.3 Å². The average molecular weight is 312 g/mol. The Labute approximate surface area is 137 Å². The zero-order valence-electron chi connectivity index (χ0n) is 14.5. The Morgan fingerprint density at radius 2 is 1.09 bits per heavy atom. The summed E-state index contributed by atoms with van der Waals surface area (Å²) < 4.78 is 5.67. The molecule has 0 aliphatic carbocycles. The molecule has 0 aromatic rings. The predicted molar refractivity (Wildman–Crippen MR) is 92.8 cm³/mol. The fourth-order valence-electron chi connectivity index (χ4n) is 3.30. The summed E-state index contributed by atoms with van der Waals surface area (Å²) in [7, 11) is 0. The first-order valence-electron chi connectivity index (χ1n) is 9.68. The van der Waals surface area contributed by atoms with Crippen molar-refractivity contribution in [2.24, 2.45) is 11.7 Å². The molecule has 1 heterocycles. The van der Waals surface area contributed by atoms with Crippen LogP contribution in [-0.4, -0.2) is 19.1 Å². The molecule has 0 aromatic carbocycles. The highest BCUT2D eigenvalue weighted by molar-refractivity contribution is 5.76. The number of carbonyl (C=O) groups is 1. The quantitative estimate of drug-likeness (QED) is 0.743. The average Bonchev–Trinajstić information content (AvgIpc) is 2.50. The summed E-state index contributed by atoms with van der Waals surface area (Å²) in [6.07, 6.45) is 18.9. The van der Waals surface area contributed by atoms with Crippen LogP contribution in [0.15, 0.2) is 0 Å². The largest absolute Gasteiger partial charge is 0.381 e. The van der Waals surface area contributed by atoms with E-state index in [1.807, 2.05) is 0 Å². The summed E-state index contributed by atoms with van der Waals surface area (Å²) >= 11 is 0. The lowest BCUT2D eigenvalue weighted by molar-refractivity contribution is -0.122. The van der Waals surface area contributed by atoms with Gasteiger partial charge >= 0.3 is 0 Å². The number of nitrogens with two attached hydrogens (primary N) is 1. The van der Waals surface area contributed by atoms with Gasteiger partial charge in [0.15, 0.2) is 0 Å². The van der Waals surface area contributed by atoms with Gasteiger partial charge in [0.05, 0.1) is 0 Å². The molecule has 1 fully saturated rings. The molecule has 0 saturated carbocycles. The van der Waals surface area contributed by atoms with Crippen LogP contribution in [-0.2, 0) is 9.53 Å². The number of carbonyl (C=O) groups excluding carboxylic acids is 1. The molecule has 22 heavy (non-hydrogen) atoms. The van der Waals surface area contributed by atoms with Crippen molar-refractivity contribution >= 4 is 5.91 Å². The molecular formula is C19H37NO2. The molecule has 0 bridgehead atoms. The standard InChI is InChI=1S/C19H37NO2/c20-19(21)18-14-12-10-8-6-4-2-1-3-5-7-9-11-13-16-22-17-15-18/h18H,1-17H2,(H2,20,21). The lowest BCUT2D eigenvalue weighted by atomic mass is 9.96. The maximum Gasteiger partial charge on any atom is 0.220 e. The lowest BCUT2D eigenvalue weighted by Crippen LogP contribution is -2.24. The van der Waals surface area contributed by atoms with Crippen LogP contribution in [0.1, 0.15) is 96.3 Å². The first kappa shape index (κ1) is 19.5. The van der Waals surface area contributed by atoms with E-state index in [4.69, 9.17) is 10.5 Å². The van der Waals surface area contributed by atoms with Gasteiger partial charge in [-0.05, 0) is 19.3 Å². The molecule has 1 aliphatic heterocycles. The highest BCUT2D eigenvalue weighted by atomic mass is 16.5. The summed E-state index contributed by atoms with van der Waals surface area (Å²) in [5.74, 6) is -0.128. The molecule has 1 aliphatic rings. The van der Waals surface area contributed by atoms with Gasteiger partial charge < -0.3 is 10.5 Å². The first-order valence-corrected chi connectivity index (χ1v) is 9.68. The Balaban J connectivity index is 2.23. The summed E-state index contributed by atoms with van der Waals surface area (Å²) in [5.41, 5.74) is 5.51. The Morgan fingerprint density at radius 3 is 1.59 bits per heavy atom. The van der Waals surface area contributed by atoms with Gasteiger partial charge in [0, 0.05) is 19.1 Å². The monoisotopic (exact) mass is 311 g/mol. The molecule has 130 valence electrons. The van der Waals surface area contributed by atoms with Crippen LogP contribution in [0.3, 0.4) is 0 Å². The van der Waals surface area contributed by atoms with Gasteiger partial charge in [0.1, 0.15) is 0 Å². The molecule has 2 N–H and O–H groups in total. The molecule has 3 nitrogen and oxygen atoms in total. The van der Waals surface area contributed by atoms with E-state index in [9.17, 15) is 4.79 Å². The van der Waals surface area contributed by atoms with Gasteiger partial charge in [0.2, 0.25) is 5.91 Å². The second-order valence-corrected chi connectivity index (χ2v) is 6.89. The third kappa shape index (κ3) is 11.1. The van der Waals surface area contributed by atoms with Crippen molar-refractivity contribution in [3.05, 3.63) is 0 Å². The van der Waals surface area contributed by atoms with E-state index in [0.717, 1.165) is 32.3 Å². The van der Waals surface area contributed by atoms with Gasteiger partial charge in [-0.25, -0.2) is 0 Å². The smallest absolute Gasteiger partial charge is 0.220 e. The topological polar surface area (TPSA) is 52.3 Å². The SMILES string of the molecule is NC(=O)C1CCCCCCCCCCCCCCCOCC1. The van der Waals surface area contributed by atoms with E-state index >= 15 is 0 Å². The number of amides is 1. The maximum atomic E-state index is 11.5. The van der Waals surface area contributed by atoms with Crippen LogP contribution in [0.25, 0.3) is 0 Å². The molecule has 1 amide bonds. The minimum atomic E-state index is -0.144. The minimum absolute atomic E-state index is 0.0158. The van der Waals surface area contributed by atoms with Crippen LogP contribution < -0.4 is 5.73 Å². The molecule has 1 rings (SSSR count). The fourth-order valence-corrected chi connectivity index (χ4v) is 3.30. The molecule has 3 heteroatoms. The van der Waals surface area contributed by atoms with E-state index in [-0.39, 0.29) is 11.8 Å². The zero-order chi connectivity index (χ0) is 15.9. The number of primary amides is 1. The summed E-state index contributed by atoms with van der Waals surface area (Å²) in [5, 5.41) is 0. The number of hydrogen-bond acceptors (Lipinski definition) is 2. The Kier molecular flexibility index (Phi) is 12.4. The molecule has 0 radical (unpaired) electrons. The van der Waals surface area contributed by atoms with E-state index < -0.39 is 0 Å². The van der Waals surface area contributed by atoms with Crippen molar-refractivity contribution in [3.8, 4) is 0 Å². The van der Waals surface area contributed by atoms with Crippen molar-refractivity contribution < 1.29 is 9.53 Å². The summed E-state index contributed by atoms with van der Waals surface area (Å²) in [6.45, 7) is 1.53. The Hall–Kier alpha value is -0.570. The highest BCUT2D eigenvalue weighted by Crippen LogP contribution is 2.17. The van der Waals surface area contributed by atoms with Crippen molar-refractivity contribution in [2.75, 3.05) is 13.2 Å². The van der Waals surface area contributed by atoms with Crippen LogP contribution >= 0.6 is 0 Å². The molecule has 1 unspecified atom stereocenters. The highest BCUT2D eigenvalue weighted by Gasteiger charge is 2.14. The fraction of sp³-hybridized carbons (Fsp3) is 0.947. The lowest BCUT2D eigenvalue weighted by Gasteiger charge is -2.13. The van der Waals surface area contributed by atoms with Crippen molar-refractivity contribution in [3.63, 3.8) is 0 Å². The van der Waals surface area contributed by atoms with E-state index in [1.165, 1.54) is 70.6 Å². The maximum absolute atomic E-state index is 11.5. The predicted octanol–water partition coefficient (Wildman–Crippen LogP) is 4.97. The number of rotatable bonds is 1. The normalized spacial score (nSPS) is 25.5. The second-order valence-electron chi connectivity index (χ2n) is 6.89. The summed E-state index contributed by atoms with van der Waals surface area (Å²) in [4.78, 5) is 11.5. The second kappa shape index (κ2) is 14.0. The molecule has 0 aromatic heterocycles. The van der Waals surface area contributed by atoms with Crippen LogP contribution in [0.4, 0.5) is 0 Å². The van der Waals surface area contributed by atoms with Gasteiger partial charge in [-0.2, -0.15) is 0 Å². The molecule has 1 atom stereocenters. The Bertz CT molecular complexity index is 248. The van der Waals surface area contributed by atoms with E-state index in [2.05, 4.69) is 0 Å². The van der Waals surface area contributed by atoms with Gasteiger partial charge in [-0.15, -0.1) is 0 Å². The van der Waals surface area contributed by atoms with E-state index in [1.54, 1.807) is 0 Å². The van der Waals surface area contributed by atoms with Crippen LogP contribution in [0.5, 0.6) is 0 Å². The molecule has 1 saturated heterocycles. The minimum Gasteiger partial charge on any atom is -0.381 e. The summed E-state index contributed by atoms with van der Waals surface area (Å²) in [6, 6.07) is 0. The van der Waals surface area contributed by atoms with Gasteiger partial charge in [0.25, 0.3) is 0 Å². The zero-order valence-corrected chi connectivity index (χ0v) is 14.5. The third-order valence-corrected chi connectivity index (χ3v) is 4.85. The van der Waals surface area contributed by atoms with Crippen molar-refractivity contribution in [1.82, 2.24) is 0 Å². The number of ether oxygens (including phenoxy) is 1. The molecular weight excluding hydrogens is 274 g/mol. The van der Waals surface area contributed by atoms with Gasteiger partial charge in [-0.3, -0.25) is 4.79 Å². The van der Waals surface area contributed by atoms with Gasteiger partial charge in [-0.1, -0.05) is 77.0 Å². The number of hydrogen-bond donors (Lipinski definition) is 1. The van der Waals surface area contributed by atoms with Crippen LogP contribution in [0, 0.1) is 5.92 Å². The van der Waals surface area contributed by atoms with Crippen molar-refractivity contribution in [1.29, 1.82) is 0 Å². The van der Waals surface area contributed by atoms with E-state index in [0.29, 0.717) is 6.61 Å². The first-order chi connectivity index (χ1) is 10.8. The Morgan fingerprint density at radius 1 is 0.636 bits per heavy atom. The third-order valence-electron chi connectivity index (χ3n) is 4.85. The molecule has 0 spiro atoms.